The van der Waals surface area contributed by atoms with Gasteiger partial charge in [0, 0.05) is 36.8 Å². The summed E-state index contributed by atoms with van der Waals surface area (Å²) in [5.41, 5.74) is 3.41. The van der Waals surface area contributed by atoms with E-state index in [-0.39, 0.29) is 12.1 Å². The number of ether oxygens (including phenoxy) is 1. The molecule has 8 nitrogen and oxygen atoms in total. The van der Waals surface area contributed by atoms with Gasteiger partial charge in [-0.15, -0.1) is 0 Å². The van der Waals surface area contributed by atoms with E-state index in [0.29, 0.717) is 35.9 Å². The van der Waals surface area contributed by atoms with Gasteiger partial charge in [0.15, 0.2) is 6.29 Å². The van der Waals surface area contributed by atoms with E-state index >= 15 is 0 Å². The molecule has 8 heteroatoms. The molecular weight excluding hydrogens is 418 g/mol. The molecule has 1 N–H and O–H groups in total. The second-order valence-electron chi connectivity index (χ2n) is 8.22. The van der Waals surface area contributed by atoms with E-state index in [0.717, 1.165) is 36.8 Å². The molecule has 0 fully saturated rings. The summed E-state index contributed by atoms with van der Waals surface area (Å²) in [6.45, 7) is 4.45. The van der Waals surface area contributed by atoms with Crippen molar-refractivity contribution in [2.45, 2.75) is 45.6 Å². The van der Waals surface area contributed by atoms with Gasteiger partial charge >= 0.3 is 6.03 Å². The van der Waals surface area contributed by atoms with E-state index in [4.69, 9.17) is 4.74 Å². The van der Waals surface area contributed by atoms with Gasteiger partial charge in [-0.1, -0.05) is 6.07 Å². The summed E-state index contributed by atoms with van der Waals surface area (Å²) < 4.78 is 6.02. The molecule has 1 aliphatic rings. The number of hydrogen-bond donors (Lipinski definition) is 1. The summed E-state index contributed by atoms with van der Waals surface area (Å²) in [4.78, 5) is 38.6. The van der Waals surface area contributed by atoms with Crippen molar-refractivity contribution in [3.8, 4) is 5.75 Å². The second kappa shape index (κ2) is 10.2. The lowest BCUT2D eigenvalue weighted by Crippen LogP contribution is -2.39. The quantitative estimate of drug-likeness (QED) is 0.546. The van der Waals surface area contributed by atoms with Crippen LogP contribution in [0.25, 0.3) is 0 Å². The number of nitrogens with zero attached hydrogens (tertiary/aromatic N) is 4. The summed E-state index contributed by atoms with van der Waals surface area (Å²) in [7, 11) is 0. The highest BCUT2D eigenvalue weighted by molar-refractivity contribution is 6.01. The van der Waals surface area contributed by atoms with Crippen molar-refractivity contribution in [2.24, 2.45) is 0 Å². The summed E-state index contributed by atoms with van der Waals surface area (Å²) in [6.07, 6.45) is 9.22. The molecule has 2 amide bonds. The van der Waals surface area contributed by atoms with Gasteiger partial charge in [0.1, 0.15) is 23.1 Å². The van der Waals surface area contributed by atoms with Crippen LogP contribution in [0.3, 0.4) is 0 Å². The molecule has 3 aromatic rings. The van der Waals surface area contributed by atoms with Gasteiger partial charge in [-0.3, -0.25) is 20.0 Å². The van der Waals surface area contributed by atoms with Crippen molar-refractivity contribution in [1.29, 1.82) is 0 Å². The van der Waals surface area contributed by atoms with Crippen LogP contribution in [0.5, 0.6) is 5.75 Å². The number of aryl methyl sites for hydroxylation is 3. The molecule has 3 aromatic heterocycles. The van der Waals surface area contributed by atoms with E-state index in [1.54, 1.807) is 35.6 Å². The van der Waals surface area contributed by atoms with Crippen LogP contribution in [-0.4, -0.2) is 39.9 Å². The molecule has 1 aliphatic heterocycles. The zero-order valence-corrected chi connectivity index (χ0v) is 18.8. The number of rotatable bonds is 7. The fourth-order valence-electron chi connectivity index (χ4n) is 3.81. The molecule has 0 radical (unpaired) electrons. The van der Waals surface area contributed by atoms with E-state index in [1.807, 2.05) is 32.0 Å². The van der Waals surface area contributed by atoms with Crippen LogP contribution in [0, 0.1) is 0 Å². The van der Waals surface area contributed by atoms with E-state index < -0.39 is 0 Å². The van der Waals surface area contributed by atoms with Crippen LogP contribution in [-0.2, 0) is 19.3 Å². The van der Waals surface area contributed by atoms with Crippen LogP contribution >= 0.6 is 0 Å². The number of nitrogens with one attached hydrogen (secondary N) is 1. The SMILES string of the molecule is CC(C)Oc1cc(NC(=O)N2CCCc3ccc(C=O)nc32)ncc1CCc1ccncc1. The predicted octanol–water partition coefficient (Wildman–Crippen LogP) is 4.24. The average Bonchev–Trinajstić information content (AvgIpc) is 2.83. The maximum Gasteiger partial charge on any atom is 0.328 e. The molecule has 0 spiro atoms. The van der Waals surface area contributed by atoms with E-state index in [9.17, 15) is 9.59 Å². The van der Waals surface area contributed by atoms with Gasteiger partial charge < -0.3 is 4.74 Å². The Labute approximate surface area is 193 Å². The Balaban J connectivity index is 1.52. The molecule has 0 saturated carbocycles. The molecule has 170 valence electrons. The third-order valence-corrected chi connectivity index (χ3v) is 5.40. The molecule has 4 rings (SSSR count). The van der Waals surface area contributed by atoms with Crippen molar-refractivity contribution in [3.63, 3.8) is 0 Å². The van der Waals surface area contributed by atoms with Crippen LogP contribution in [0.1, 0.15) is 47.4 Å². The largest absolute Gasteiger partial charge is 0.491 e. The maximum atomic E-state index is 13.1. The van der Waals surface area contributed by atoms with Crippen molar-refractivity contribution in [1.82, 2.24) is 15.0 Å². The highest BCUT2D eigenvalue weighted by atomic mass is 16.5. The fraction of sp³-hybridized carbons (Fsp3) is 0.320. The minimum absolute atomic E-state index is 0.0180. The van der Waals surface area contributed by atoms with Crippen molar-refractivity contribution in [3.05, 3.63) is 71.3 Å². The molecule has 0 aromatic carbocycles. The Morgan fingerprint density at radius 3 is 2.79 bits per heavy atom. The highest BCUT2D eigenvalue weighted by Crippen LogP contribution is 2.27. The van der Waals surface area contributed by atoms with Gasteiger partial charge in [0.25, 0.3) is 0 Å². The molecule has 0 unspecified atom stereocenters. The summed E-state index contributed by atoms with van der Waals surface area (Å²) >= 11 is 0. The number of aromatic nitrogens is 3. The predicted molar refractivity (Wildman–Crippen MR) is 126 cm³/mol. The molecule has 4 heterocycles. The lowest BCUT2D eigenvalue weighted by molar-refractivity contribution is 0.111. The van der Waals surface area contributed by atoms with Crippen LogP contribution in [0.2, 0.25) is 0 Å². The summed E-state index contributed by atoms with van der Waals surface area (Å²) in [5.74, 6) is 1.63. The third kappa shape index (κ3) is 5.52. The Kier molecular flexibility index (Phi) is 6.92. The normalized spacial score (nSPS) is 12.9. The molecular formula is C25H27N5O3. The van der Waals surface area contributed by atoms with E-state index in [1.165, 1.54) is 5.56 Å². The van der Waals surface area contributed by atoms with Crippen LogP contribution in [0.15, 0.2) is 48.9 Å². The first kappa shape index (κ1) is 22.4. The monoisotopic (exact) mass is 445 g/mol. The summed E-state index contributed by atoms with van der Waals surface area (Å²) in [6, 6.07) is 8.95. The molecule has 0 aliphatic carbocycles. The van der Waals surface area contributed by atoms with Crippen LogP contribution < -0.4 is 15.0 Å². The average molecular weight is 446 g/mol. The lowest BCUT2D eigenvalue weighted by atomic mass is 10.1. The van der Waals surface area contributed by atoms with Crippen LogP contribution in [0.4, 0.5) is 16.4 Å². The van der Waals surface area contributed by atoms with Crippen molar-refractivity contribution < 1.29 is 14.3 Å². The van der Waals surface area contributed by atoms with Crippen molar-refractivity contribution in [2.75, 3.05) is 16.8 Å². The third-order valence-electron chi connectivity index (χ3n) is 5.40. The van der Waals surface area contributed by atoms with Crippen molar-refractivity contribution >= 4 is 24.0 Å². The first-order valence-corrected chi connectivity index (χ1v) is 11.1. The number of anilines is 2. The second-order valence-corrected chi connectivity index (χ2v) is 8.22. The Morgan fingerprint density at radius 1 is 1.21 bits per heavy atom. The standard InChI is InChI=1S/C25H27N5O3/c1-17(2)33-22-14-23(27-15-20(22)6-5-18-9-11-26-12-10-18)29-25(32)30-13-3-4-19-7-8-21(16-31)28-24(19)30/h7-12,14-17H,3-6,13H2,1-2H3,(H,27,29,32). The number of urea groups is 1. The summed E-state index contributed by atoms with van der Waals surface area (Å²) in [5, 5.41) is 2.86. The number of aldehydes is 1. The van der Waals surface area contributed by atoms with Gasteiger partial charge in [-0.2, -0.15) is 0 Å². The molecule has 0 bridgehead atoms. The topological polar surface area (TPSA) is 97.3 Å². The first-order valence-electron chi connectivity index (χ1n) is 11.1. The lowest BCUT2D eigenvalue weighted by Gasteiger charge is -2.28. The number of carbonyl (C=O) groups excluding carboxylic acids is 2. The number of amides is 2. The number of fused-ring (bicyclic) bond motifs is 1. The smallest absolute Gasteiger partial charge is 0.328 e. The zero-order valence-electron chi connectivity index (χ0n) is 18.8. The fourth-order valence-corrected chi connectivity index (χ4v) is 3.81. The first-order chi connectivity index (χ1) is 16.0. The van der Waals surface area contributed by atoms with Gasteiger partial charge in [-0.05, 0) is 68.9 Å². The number of pyridine rings is 3. The number of carbonyl (C=O) groups is 2. The van der Waals surface area contributed by atoms with Gasteiger partial charge in [-0.25, -0.2) is 14.8 Å². The van der Waals surface area contributed by atoms with E-state index in [2.05, 4.69) is 20.3 Å². The minimum Gasteiger partial charge on any atom is -0.491 e. The van der Waals surface area contributed by atoms with Gasteiger partial charge in [0.2, 0.25) is 0 Å². The highest BCUT2D eigenvalue weighted by Gasteiger charge is 2.25. The minimum atomic E-state index is -0.334. The maximum absolute atomic E-state index is 13.1. The Hall–Kier alpha value is -3.81. The molecule has 0 saturated heterocycles. The Bertz CT molecular complexity index is 1130. The van der Waals surface area contributed by atoms with Gasteiger partial charge in [0.05, 0.1) is 6.10 Å². The molecule has 33 heavy (non-hydrogen) atoms. The number of hydrogen-bond acceptors (Lipinski definition) is 6. The zero-order chi connectivity index (χ0) is 23.2. The Morgan fingerprint density at radius 2 is 2.03 bits per heavy atom. The molecule has 0 atom stereocenters.